The molecule has 0 aliphatic heterocycles. The monoisotopic (exact) mass is 304 g/mol. The van der Waals surface area contributed by atoms with E-state index in [4.69, 9.17) is 4.98 Å². The van der Waals surface area contributed by atoms with E-state index in [-0.39, 0.29) is 0 Å². The first-order chi connectivity index (χ1) is 10.1. The van der Waals surface area contributed by atoms with Crippen LogP contribution >= 0.6 is 11.3 Å². The van der Waals surface area contributed by atoms with E-state index < -0.39 is 0 Å². The van der Waals surface area contributed by atoms with Gasteiger partial charge in [0.1, 0.15) is 5.82 Å². The molecule has 5 heteroatoms. The van der Waals surface area contributed by atoms with Crippen LogP contribution in [0.2, 0.25) is 0 Å². The lowest BCUT2D eigenvalue weighted by molar-refractivity contribution is 0.578. The van der Waals surface area contributed by atoms with E-state index in [9.17, 15) is 0 Å². The number of hydrogen-bond acceptors (Lipinski definition) is 5. The number of nitrogens with one attached hydrogen (secondary N) is 1. The maximum Gasteiger partial charge on any atom is 0.148 e. The Balaban J connectivity index is 2.14. The van der Waals surface area contributed by atoms with Gasteiger partial charge in [0.2, 0.25) is 0 Å². The lowest BCUT2D eigenvalue weighted by Gasteiger charge is -2.27. The highest BCUT2D eigenvalue weighted by atomic mass is 32.1. The quantitative estimate of drug-likeness (QED) is 0.850. The zero-order valence-corrected chi connectivity index (χ0v) is 14.0. The molecule has 0 atom stereocenters. The summed E-state index contributed by atoms with van der Waals surface area (Å²) in [6.45, 7) is 10.3. The minimum Gasteiger partial charge on any atom is -0.348 e. The Morgan fingerprint density at radius 2 is 2.05 bits per heavy atom. The molecule has 0 bridgehead atoms. The van der Waals surface area contributed by atoms with Crippen LogP contribution in [-0.2, 0) is 13.1 Å². The molecule has 4 nitrogen and oxygen atoms in total. The highest BCUT2D eigenvalue weighted by molar-refractivity contribution is 7.09. The molecule has 0 aliphatic rings. The van der Waals surface area contributed by atoms with Crippen LogP contribution in [0.25, 0.3) is 0 Å². The van der Waals surface area contributed by atoms with E-state index in [0.717, 1.165) is 24.6 Å². The molecule has 0 radical (unpaired) electrons. The van der Waals surface area contributed by atoms with Crippen molar-refractivity contribution >= 4 is 17.2 Å². The topological polar surface area (TPSA) is 41.1 Å². The number of aromatic nitrogens is 2. The van der Waals surface area contributed by atoms with E-state index in [1.54, 1.807) is 11.3 Å². The zero-order valence-electron chi connectivity index (χ0n) is 13.2. The average Bonchev–Trinajstić information content (AvgIpc) is 2.95. The van der Waals surface area contributed by atoms with Crippen molar-refractivity contribution in [2.24, 2.45) is 0 Å². The third-order valence-electron chi connectivity index (χ3n) is 3.19. The van der Waals surface area contributed by atoms with Crippen LogP contribution in [0.15, 0.2) is 29.9 Å². The molecule has 21 heavy (non-hydrogen) atoms. The van der Waals surface area contributed by atoms with Crippen LogP contribution in [0.3, 0.4) is 0 Å². The highest BCUT2D eigenvalue weighted by Crippen LogP contribution is 2.19. The number of hydrogen-bond donors (Lipinski definition) is 1. The number of anilines is 1. The molecule has 2 aromatic heterocycles. The summed E-state index contributed by atoms with van der Waals surface area (Å²) in [4.78, 5) is 12.7. The predicted molar refractivity (Wildman–Crippen MR) is 89.6 cm³/mol. The summed E-state index contributed by atoms with van der Waals surface area (Å²) in [5.41, 5.74) is 0.984. The lowest BCUT2D eigenvalue weighted by atomic mass is 10.3. The Hall–Kier alpha value is -1.46. The first-order valence-corrected chi connectivity index (χ1v) is 8.27. The highest BCUT2D eigenvalue weighted by Gasteiger charge is 2.14. The van der Waals surface area contributed by atoms with Gasteiger partial charge >= 0.3 is 0 Å². The van der Waals surface area contributed by atoms with Gasteiger partial charge in [-0.05, 0) is 25.3 Å². The minimum atomic E-state index is 0.384. The minimum absolute atomic E-state index is 0.384. The van der Waals surface area contributed by atoms with Gasteiger partial charge in [0, 0.05) is 29.7 Å². The van der Waals surface area contributed by atoms with Crippen molar-refractivity contribution in [2.75, 3.05) is 4.90 Å². The van der Waals surface area contributed by atoms with Crippen molar-refractivity contribution < 1.29 is 0 Å². The predicted octanol–water partition coefficient (Wildman–Crippen LogP) is 3.45. The van der Waals surface area contributed by atoms with Crippen LogP contribution in [0.4, 0.5) is 5.82 Å². The summed E-state index contributed by atoms with van der Waals surface area (Å²) < 4.78 is 0. The molecule has 0 saturated heterocycles. The SMILES string of the molecule is CC(C)NCc1cncc(N(Cc2cccs2)C(C)C)n1. The first kappa shape index (κ1) is 15.9. The summed E-state index contributed by atoms with van der Waals surface area (Å²) in [6.07, 6.45) is 3.69. The van der Waals surface area contributed by atoms with Gasteiger partial charge < -0.3 is 10.2 Å². The maximum atomic E-state index is 4.75. The van der Waals surface area contributed by atoms with Crippen molar-refractivity contribution in [1.29, 1.82) is 0 Å². The number of thiophene rings is 1. The van der Waals surface area contributed by atoms with Gasteiger partial charge in [0.05, 0.1) is 18.4 Å². The Labute approximate surface area is 131 Å². The molecule has 114 valence electrons. The second kappa shape index (κ2) is 7.52. The molecule has 0 amide bonds. The standard InChI is InChI=1S/C16H24N4S/c1-12(2)18-9-14-8-17-10-16(19-14)20(13(3)4)11-15-6-5-7-21-15/h5-8,10,12-13,18H,9,11H2,1-4H3. The van der Waals surface area contributed by atoms with Gasteiger partial charge in [0.25, 0.3) is 0 Å². The van der Waals surface area contributed by atoms with E-state index in [1.807, 2.05) is 12.4 Å². The molecule has 1 N–H and O–H groups in total. The third-order valence-corrected chi connectivity index (χ3v) is 4.05. The molecular formula is C16H24N4S. The molecule has 0 unspecified atom stereocenters. The van der Waals surface area contributed by atoms with E-state index in [0.29, 0.717) is 12.1 Å². The van der Waals surface area contributed by atoms with Crippen LogP contribution in [0, 0.1) is 0 Å². The Kier molecular flexibility index (Phi) is 5.70. The molecule has 2 aromatic rings. The van der Waals surface area contributed by atoms with Gasteiger partial charge in [-0.1, -0.05) is 19.9 Å². The molecule has 0 spiro atoms. The molecule has 0 aliphatic carbocycles. The summed E-state index contributed by atoms with van der Waals surface area (Å²) in [6, 6.07) is 5.09. The Morgan fingerprint density at radius 1 is 1.24 bits per heavy atom. The van der Waals surface area contributed by atoms with Gasteiger partial charge in [-0.15, -0.1) is 11.3 Å². The summed E-state index contributed by atoms with van der Waals surface area (Å²) in [5.74, 6) is 0.946. The largest absolute Gasteiger partial charge is 0.348 e. The van der Waals surface area contributed by atoms with Crippen LogP contribution in [0.5, 0.6) is 0 Å². The maximum absolute atomic E-state index is 4.75. The van der Waals surface area contributed by atoms with Gasteiger partial charge in [0.15, 0.2) is 0 Å². The number of rotatable bonds is 7. The second-order valence-electron chi connectivity index (χ2n) is 5.71. The molecular weight excluding hydrogens is 280 g/mol. The van der Waals surface area contributed by atoms with Crippen LogP contribution in [-0.4, -0.2) is 22.1 Å². The molecule has 2 rings (SSSR count). The van der Waals surface area contributed by atoms with E-state index >= 15 is 0 Å². The average molecular weight is 304 g/mol. The fraction of sp³-hybridized carbons (Fsp3) is 0.500. The number of nitrogens with zero attached hydrogens (tertiary/aromatic N) is 3. The first-order valence-electron chi connectivity index (χ1n) is 7.39. The van der Waals surface area contributed by atoms with Gasteiger partial charge in [-0.25, -0.2) is 4.98 Å². The van der Waals surface area contributed by atoms with Crippen molar-refractivity contribution in [3.8, 4) is 0 Å². The fourth-order valence-electron chi connectivity index (χ4n) is 2.03. The van der Waals surface area contributed by atoms with Crippen molar-refractivity contribution in [3.63, 3.8) is 0 Å². The smallest absolute Gasteiger partial charge is 0.148 e. The summed E-state index contributed by atoms with van der Waals surface area (Å²) >= 11 is 1.78. The third kappa shape index (κ3) is 4.79. The second-order valence-corrected chi connectivity index (χ2v) is 6.74. The van der Waals surface area contributed by atoms with Crippen LogP contribution < -0.4 is 10.2 Å². The van der Waals surface area contributed by atoms with Crippen molar-refractivity contribution in [3.05, 3.63) is 40.5 Å². The van der Waals surface area contributed by atoms with Crippen LogP contribution in [0.1, 0.15) is 38.3 Å². The lowest BCUT2D eigenvalue weighted by Crippen LogP contribution is -2.31. The zero-order chi connectivity index (χ0) is 15.2. The van der Waals surface area contributed by atoms with Crippen molar-refractivity contribution in [1.82, 2.24) is 15.3 Å². The van der Waals surface area contributed by atoms with E-state index in [2.05, 4.69) is 60.4 Å². The summed E-state index contributed by atoms with van der Waals surface area (Å²) in [7, 11) is 0. The molecule has 2 heterocycles. The van der Waals surface area contributed by atoms with Gasteiger partial charge in [-0.3, -0.25) is 4.98 Å². The Morgan fingerprint density at radius 3 is 2.67 bits per heavy atom. The molecule has 0 aromatic carbocycles. The molecule has 0 fully saturated rings. The van der Waals surface area contributed by atoms with Gasteiger partial charge in [-0.2, -0.15) is 0 Å². The Bertz CT molecular complexity index is 537. The fourth-order valence-corrected chi connectivity index (χ4v) is 2.73. The molecule has 0 saturated carbocycles. The normalized spacial score (nSPS) is 11.3. The van der Waals surface area contributed by atoms with E-state index in [1.165, 1.54) is 4.88 Å². The van der Waals surface area contributed by atoms with Crippen molar-refractivity contribution in [2.45, 2.75) is 52.9 Å². The summed E-state index contributed by atoms with van der Waals surface area (Å²) in [5, 5.41) is 5.50.